The van der Waals surface area contributed by atoms with E-state index in [0.717, 1.165) is 0 Å². The summed E-state index contributed by atoms with van der Waals surface area (Å²) < 4.78 is 30.0. The molecule has 0 aromatic heterocycles. The van der Waals surface area contributed by atoms with Gasteiger partial charge in [0.1, 0.15) is 12.1 Å². The van der Waals surface area contributed by atoms with Crippen LogP contribution >= 0.6 is 0 Å². The first-order chi connectivity index (χ1) is 23.0. The van der Waals surface area contributed by atoms with Crippen LogP contribution in [0.25, 0.3) is 0 Å². The van der Waals surface area contributed by atoms with E-state index in [4.69, 9.17) is 28.4 Å². The number of methoxy groups -OCH3 is 1. The Balaban J connectivity index is 0.000000266. The van der Waals surface area contributed by atoms with Crippen LogP contribution in [-0.2, 0) is 60.7 Å². The maximum absolute atomic E-state index is 12.2. The standard InChI is InChI=1S/C17H19NO7.C16H17NO7/c1-5-23-17(22)14-6-12-7-15(24-10(3)20)16(25-11(4)21)8-13(12)18(14)9(2)19;1-8(18)17-12-7-15(24-10(3)20)14(23-9(2)19)6-11(12)5-13(17)16(21)22-4/h7-8,14H,5-6H2,1-4H3;6-7,13H,5H2,1-4H3. The molecule has 0 bridgehead atoms. The van der Waals surface area contributed by atoms with Gasteiger partial charge in [0, 0.05) is 66.5 Å². The van der Waals surface area contributed by atoms with E-state index in [0.29, 0.717) is 22.5 Å². The average molecular weight is 685 g/mol. The summed E-state index contributed by atoms with van der Waals surface area (Å²) in [5, 5.41) is 0. The molecule has 2 unspecified atom stereocenters. The predicted molar refractivity (Wildman–Crippen MR) is 168 cm³/mol. The van der Waals surface area contributed by atoms with Crippen molar-refractivity contribution in [2.24, 2.45) is 0 Å². The quantitative estimate of drug-likeness (QED) is 0.304. The molecular formula is C33H36N2O14. The van der Waals surface area contributed by atoms with E-state index in [2.05, 4.69) is 0 Å². The Kier molecular flexibility index (Phi) is 12.2. The monoisotopic (exact) mass is 684 g/mol. The number of nitrogens with zero attached hydrogens (tertiary/aromatic N) is 2. The third kappa shape index (κ3) is 8.97. The molecule has 0 radical (unpaired) electrons. The van der Waals surface area contributed by atoms with Gasteiger partial charge in [-0.2, -0.15) is 0 Å². The average Bonchev–Trinajstić information content (AvgIpc) is 3.54. The molecule has 49 heavy (non-hydrogen) atoms. The first kappa shape index (κ1) is 37.7. The molecule has 2 aromatic carbocycles. The van der Waals surface area contributed by atoms with Gasteiger partial charge < -0.3 is 28.4 Å². The summed E-state index contributed by atoms with van der Waals surface area (Å²) in [5.41, 5.74) is 2.04. The van der Waals surface area contributed by atoms with E-state index in [1.807, 2.05) is 0 Å². The van der Waals surface area contributed by atoms with Crippen molar-refractivity contribution in [2.45, 2.75) is 73.4 Å². The molecule has 16 heteroatoms. The van der Waals surface area contributed by atoms with Crippen LogP contribution in [0.2, 0.25) is 0 Å². The summed E-state index contributed by atoms with van der Waals surface area (Å²) in [6.45, 7) is 9.34. The van der Waals surface area contributed by atoms with Crippen LogP contribution in [0.1, 0.15) is 59.6 Å². The zero-order chi connectivity index (χ0) is 36.7. The lowest BCUT2D eigenvalue weighted by Crippen LogP contribution is -2.42. The molecule has 2 aromatic rings. The second-order valence-electron chi connectivity index (χ2n) is 10.7. The van der Waals surface area contributed by atoms with Gasteiger partial charge in [0.2, 0.25) is 11.8 Å². The third-order valence-electron chi connectivity index (χ3n) is 6.98. The fourth-order valence-electron chi connectivity index (χ4n) is 5.36. The molecule has 16 nitrogen and oxygen atoms in total. The molecule has 2 amide bonds. The van der Waals surface area contributed by atoms with Crippen molar-refractivity contribution in [1.29, 1.82) is 0 Å². The summed E-state index contributed by atoms with van der Waals surface area (Å²) in [7, 11) is 1.23. The van der Waals surface area contributed by atoms with Gasteiger partial charge in [-0.25, -0.2) is 9.59 Å². The van der Waals surface area contributed by atoms with Crippen LogP contribution in [0.4, 0.5) is 11.4 Å². The second-order valence-corrected chi connectivity index (χ2v) is 10.7. The van der Waals surface area contributed by atoms with Crippen LogP contribution in [0.5, 0.6) is 23.0 Å². The van der Waals surface area contributed by atoms with Crippen molar-refractivity contribution < 1.29 is 66.8 Å². The van der Waals surface area contributed by atoms with Gasteiger partial charge in [0.25, 0.3) is 0 Å². The topological polar surface area (TPSA) is 198 Å². The number of amides is 2. The van der Waals surface area contributed by atoms with Crippen LogP contribution in [0.3, 0.4) is 0 Å². The molecule has 2 aliphatic rings. The van der Waals surface area contributed by atoms with E-state index < -0.39 is 47.9 Å². The first-order valence-corrected chi connectivity index (χ1v) is 14.9. The Labute approximate surface area is 281 Å². The Morgan fingerprint density at radius 2 is 0.898 bits per heavy atom. The van der Waals surface area contributed by atoms with Crippen LogP contribution in [0, 0.1) is 0 Å². The summed E-state index contributed by atoms with van der Waals surface area (Å²) in [5.74, 6) is -4.12. The fraction of sp³-hybridized carbons (Fsp3) is 0.394. The highest BCUT2D eigenvalue weighted by molar-refractivity contribution is 6.02. The lowest BCUT2D eigenvalue weighted by molar-refractivity contribution is -0.145. The Bertz CT molecular complexity index is 1720. The maximum atomic E-state index is 12.2. The van der Waals surface area contributed by atoms with E-state index in [-0.39, 0.29) is 54.3 Å². The molecule has 2 heterocycles. The van der Waals surface area contributed by atoms with Crippen molar-refractivity contribution >= 4 is 59.0 Å². The lowest BCUT2D eigenvalue weighted by atomic mass is 10.1. The molecular weight excluding hydrogens is 648 g/mol. The van der Waals surface area contributed by atoms with Crippen molar-refractivity contribution in [2.75, 3.05) is 23.5 Å². The molecule has 262 valence electrons. The van der Waals surface area contributed by atoms with E-state index in [1.54, 1.807) is 6.92 Å². The van der Waals surface area contributed by atoms with Gasteiger partial charge in [-0.15, -0.1) is 0 Å². The molecule has 0 spiro atoms. The number of benzene rings is 2. The third-order valence-corrected chi connectivity index (χ3v) is 6.98. The van der Waals surface area contributed by atoms with Gasteiger partial charge in [-0.1, -0.05) is 0 Å². The summed E-state index contributed by atoms with van der Waals surface area (Å²) >= 11 is 0. The van der Waals surface area contributed by atoms with Gasteiger partial charge in [-0.3, -0.25) is 38.6 Å². The normalized spacial score (nSPS) is 15.4. The van der Waals surface area contributed by atoms with Crippen LogP contribution in [-0.4, -0.2) is 73.4 Å². The SMILES string of the molecule is CCOC(=O)C1Cc2cc(OC(C)=O)c(OC(C)=O)cc2N1C(C)=O.COC(=O)C1Cc2cc(OC(C)=O)c(OC(C)=O)cc2N1C(C)=O. The molecule has 0 fully saturated rings. The Morgan fingerprint density at radius 3 is 1.18 bits per heavy atom. The largest absolute Gasteiger partial charge is 0.467 e. The zero-order valence-corrected chi connectivity index (χ0v) is 28.2. The van der Waals surface area contributed by atoms with Gasteiger partial charge in [-0.05, 0) is 30.2 Å². The number of carbonyl (C=O) groups is 8. The van der Waals surface area contributed by atoms with Crippen molar-refractivity contribution in [3.05, 3.63) is 35.4 Å². The number of carbonyl (C=O) groups excluding carboxylic acids is 8. The number of fused-ring (bicyclic) bond motifs is 2. The number of hydrogen-bond acceptors (Lipinski definition) is 14. The van der Waals surface area contributed by atoms with Crippen molar-refractivity contribution in [3.8, 4) is 23.0 Å². The molecule has 0 N–H and O–H groups in total. The first-order valence-electron chi connectivity index (χ1n) is 14.9. The highest BCUT2D eigenvalue weighted by atomic mass is 16.6. The van der Waals surface area contributed by atoms with Gasteiger partial charge in [0.15, 0.2) is 23.0 Å². The smallest absolute Gasteiger partial charge is 0.329 e. The number of rotatable bonds is 7. The number of ether oxygens (including phenoxy) is 6. The lowest BCUT2D eigenvalue weighted by Gasteiger charge is -2.22. The summed E-state index contributed by atoms with van der Waals surface area (Å²) in [4.78, 5) is 95.8. The minimum absolute atomic E-state index is 0.00258. The van der Waals surface area contributed by atoms with E-state index >= 15 is 0 Å². The predicted octanol–water partition coefficient (Wildman–Crippen LogP) is 2.37. The maximum Gasteiger partial charge on any atom is 0.329 e. The molecule has 0 aliphatic carbocycles. The van der Waals surface area contributed by atoms with Crippen LogP contribution < -0.4 is 28.7 Å². The molecule has 0 saturated heterocycles. The molecule has 0 saturated carbocycles. The van der Waals surface area contributed by atoms with Crippen molar-refractivity contribution in [3.63, 3.8) is 0 Å². The van der Waals surface area contributed by atoms with E-state index in [9.17, 15) is 38.4 Å². The second kappa shape index (κ2) is 15.9. The number of hydrogen-bond donors (Lipinski definition) is 0. The van der Waals surface area contributed by atoms with E-state index in [1.165, 1.54) is 82.7 Å². The molecule has 2 aliphatic heterocycles. The fourth-order valence-corrected chi connectivity index (χ4v) is 5.36. The number of esters is 6. The van der Waals surface area contributed by atoms with Gasteiger partial charge in [0.05, 0.1) is 25.1 Å². The minimum Gasteiger partial charge on any atom is -0.467 e. The zero-order valence-electron chi connectivity index (χ0n) is 28.2. The summed E-state index contributed by atoms with van der Waals surface area (Å²) in [6, 6.07) is 4.15. The highest BCUT2D eigenvalue weighted by Crippen LogP contribution is 2.43. The highest BCUT2D eigenvalue weighted by Gasteiger charge is 2.40. The molecule has 4 rings (SSSR count). The van der Waals surface area contributed by atoms with Crippen LogP contribution in [0.15, 0.2) is 24.3 Å². The Hall–Kier alpha value is -5.80. The van der Waals surface area contributed by atoms with Crippen molar-refractivity contribution in [1.82, 2.24) is 0 Å². The molecule has 2 atom stereocenters. The minimum atomic E-state index is -0.819. The summed E-state index contributed by atoms with van der Waals surface area (Å²) in [6.07, 6.45) is 0.415. The van der Waals surface area contributed by atoms with Gasteiger partial charge >= 0.3 is 35.8 Å². The Morgan fingerprint density at radius 1 is 0.571 bits per heavy atom. The number of anilines is 2.